The number of nitrogens with zero attached hydrogens (tertiary/aromatic N) is 3. The van der Waals surface area contributed by atoms with E-state index in [9.17, 15) is 5.11 Å². The van der Waals surface area contributed by atoms with E-state index in [1.165, 1.54) is 5.56 Å². The van der Waals surface area contributed by atoms with Gasteiger partial charge in [0, 0.05) is 39.1 Å². The fraction of sp³-hybridized carbons (Fsp3) is 0.538. The highest BCUT2D eigenvalue weighted by molar-refractivity contribution is 5.74. The van der Waals surface area contributed by atoms with E-state index in [2.05, 4.69) is 33.1 Å². The van der Waals surface area contributed by atoms with Crippen LogP contribution >= 0.6 is 0 Å². The first kappa shape index (κ1) is 12.5. The summed E-state index contributed by atoms with van der Waals surface area (Å²) in [6, 6.07) is 6.18. The van der Waals surface area contributed by atoms with Crippen molar-refractivity contribution in [1.82, 2.24) is 25.6 Å². The Hall–Kier alpha value is -1.50. The molecule has 0 saturated carbocycles. The largest absolute Gasteiger partial charge is 0.391 e. The van der Waals surface area contributed by atoms with Crippen molar-refractivity contribution in [2.45, 2.75) is 12.6 Å². The summed E-state index contributed by atoms with van der Waals surface area (Å²) < 4.78 is 1.77. The van der Waals surface area contributed by atoms with E-state index in [4.69, 9.17) is 0 Å². The van der Waals surface area contributed by atoms with Gasteiger partial charge in [0.25, 0.3) is 0 Å². The van der Waals surface area contributed by atoms with Gasteiger partial charge < -0.3 is 15.7 Å². The van der Waals surface area contributed by atoms with Gasteiger partial charge in [-0.2, -0.15) is 0 Å². The molecule has 0 amide bonds. The van der Waals surface area contributed by atoms with E-state index in [0.29, 0.717) is 12.5 Å². The van der Waals surface area contributed by atoms with Gasteiger partial charge in [-0.3, -0.25) is 0 Å². The first-order valence-corrected chi connectivity index (χ1v) is 6.62. The van der Waals surface area contributed by atoms with Crippen molar-refractivity contribution < 1.29 is 5.11 Å². The second-order valence-electron chi connectivity index (χ2n) is 5.15. The number of aromatic nitrogens is 3. The Kier molecular flexibility index (Phi) is 3.46. The van der Waals surface area contributed by atoms with E-state index in [1.54, 1.807) is 4.68 Å². The molecule has 6 heteroatoms. The standard InChI is InChI=1S/C13H19N5O/c1-18-12-3-2-9(4-11(12)16-17-18)5-14-6-10-7-15-8-13(10)19/h2-4,10,13-15,19H,5-8H2,1H3. The molecule has 2 aromatic rings. The smallest absolute Gasteiger partial charge is 0.113 e. The van der Waals surface area contributed by atoms with Crippen LogP contribution in [0.5, 0.6) is 0 Å². The molecular formula is C13H19N5O. The number of hydrogen-bond acceptors (Lipinski definition) is 5. The summed E-state index contributed by atoms with van der Waals surface area (Å²) in [4.78, 5) is 0. The highest BCUT2D eigenvalue weighted by Gasteiger charge is 2.23. The number of nitrogens with one attached hydrogen (secondary N) is 2. The van der Waals surface area contributed by atoms with Crippen LogP contribution in [0.4, 0.5) is 0 Å². The van der Waals surface area contributed by atoms with E-state index < -0.39 is 0 Å². The van der Waals surface area contributed by atoms with E-state index in [0.717, 1.165) is 30.7 Å². The molecule has 6 nitrogen and oxygen atoms in total. The number of benzene rings is 1. The molecule has 1 aliphatic heterocycles. The Morgan fingerprint density at radius 2 is 2.37 bits per heavy atom. The normalized spacial score (nSPS) is 23.3. The molecule has 1 aromatic heterocycles. The molecular weight excluding hydrogens is 242 g/mol. The molecule has 0 radical (unpaired) electrons. The third kappa shape index (κ3) is 2.60. The summed E-state index contributed by atoms with van der Waals surface area (Å²) in [6.45, 7) is 3.21. The molecule has 3 N–H and O–H groups in total. The number of fused-ring (bicyclic) bond motifs is 1. The monoisotopic (exact) mass is 261 g/mol. The number of aliphatic hydroxyl groups is 1. The summed E-state index contributed by atoms with van der Waals surface area (Å²) in [5.41, 5.74) is 3.15. The van der Waals surface area contributed by atoms with Crippen molar-refractivity contribution in [3.63, 3.8) is 0 Å². The van der Waals surface area contributed by atoms with Crippen LogP contribution in [0.1, 0.15) is 5.56 Å². The van der Waals surface area contributed by atoms with Gasteiger partial charge in [0.15, 0.2) is 0 Å². The topological polar surface area (TPSA) is 75.0 Å². The van der Waals surface area contributed by atoms with Crippen molar-refractivity contribution in [2.24, 2.45) is 13.0 Å². The molecule has 1 saturated heterocycles. The predicted molar refractivity (Wildman–Crippen MR) is 72.6 cm³/mol. The van der Waals surface area contributed by atoms with Crippen LogP contribution < -0.4 is 10.6 Å². The molecule has 2 heterocycles. The van der Waals surface area contributed by atoms with E-state index >= 15 is 0 Å². The molecule has 0 spiro atoms. The van der Waals surface area contributed by atoms with Crippen LogP contribution in [0.25, 0.3) is 11.0 Å². The highest BCUT2D eigenvalue weighted by atomic mass is 16.3. The maximum Gasteiger partial charge on any atom is 0.113 e. The second-order valence-corrected chi connectivity index (χ2v) is 5.15. The van der Waals surface area contributed by atoms with Crippen LogP contribution in [0.2, 0.25) is 0 Å². The fourth-order valence-corrected chi connectivity index (χ4v) is 2.53. The van der Waals surface area contributed by atoms with Gasteiger partial charge in [-0.15, -0.1) is 5.10 Å². The van der Waals surface area contributed by atoms with Crippen molar-refractivity contribution >= 4 is 11.0 Å². The first-order valence-electron chi connectivity index (χ1n) is 6.62. The van der Waals surface area contributed by atoms with Gasteiger partial charge in [0.2, 0.25) is 0 Å². The molecule has 102 valence electrons. The van der Waals surface area contributed by atoms with Gasteiger partial charge in [-0.05, 0) is 17.7 Å². The summed E-state index contributed by atoms with van der Waals surface area (Å²) in [5, 5.41) is 24.4. The number of β-amino-alcohol motifs (C(OH)–C–C–N with tert-alkyl or cyclic N) is 1. The van der Waals surface area contributed by atoms with Gasteiger partial charge in [-0.1, -0.05) is 11.3 Å². The molecule has 19 heavy (non-hydrogen) atoms. The van der Waals surface area contributed by atoms with Gasteiger partial charge >= 0.3 is 0 Å². The van der Waals surface area contributed by atoms with Crippen LogP contribution in [0.15, 0.2) is 18.2 Å². The zero-order valence-corrected chi connectivity index (χ0v) is 11.0. The summed E-state index contributed by atoms with van der Waals surface area (Å²) in [6.07, 6.45) is -0.227. The lowest BCUT2D eigenvalue weighted by Crippen LogP contribution is -2.30. The Morgan fingerprint density at radius 1 is 1.47 bits per heavy atom. The number of hydrogen-bond donors (Lipinski definition) is 3. The first-order chi connectivity index (χ1) is 9.24. The third-order valence-electron chi connectivity index (χ3n) is 3.71. The SMILES string of the molecule is Cn1nnc2cc(CNCC3CNCC3O)ccc21. The number of aliphatic hydroxyl groups excluding tert-OH is 1. The maximum absolute atomic E-state index is 9.71. The minimum Gasteiger partial charge on any atom is -0.391 e. The lowest BCUT2D eigenvalue weighted by atomic mass is 10.1. The minimum absolute atomic E-state index is 0.227. The van der Waals surface area contributed by atoms with Crippen LogP contribution in [-0.4, -0.2) is 45.8 Å². The molecule has 2 unspecified atom stereocenters. The predicted octanol–water partition coefficient (Wildman–Crippen LogP) is -0.362. The second kappa shape index (κ2) is 5.24. The lowest BCUT2D eigenvalue weighted by molar-refractivity contribution is 0.146. The minimum atomic E-state index is -0.227. The average Bonchev–Trinajstić information content (AvgIpc) is 2.97. The van der Waals surface area contributed by atoms with Crippen molar-refractivity contribution in [2.75, 3.05) is 19.6 Å². The summed E-state index contributed by atoms with van der Waals surface area (Å²) in [5.74, 6) is 0.306. The Bertz CT molecular complexity index is 567. The van der Waals surface area contributed by atoms with Crippen molar-refractivity contribution in [3.8, 4) is 0 Å². The summed E-state index contributed by atoms with van der Waals surface area (Å²) >= 11 is 0. The summed E-state index contributed by atoms with van der Waals surface area (Å²) in [7, 11) is 1.89. The lowest BCUT2D eigenvalue weighted by Gasteiger charge is -2.14. The number of aryl methyl sites for hydroxylation is 1. The van der Waals surface area contributed by atoms with Crippen molar-refractivity contribution in [1.29, 1.82) is 0 Å². The maximum atomic E-state index is 9.71. The number of rotatable bonds is 4. The molecule has 0 aliphatic carbocycles. The quantitative estimate of drug-likeness (QED) is 0.701. The third-order valence-corrected chi connectivity index (χ3v) is 3.71. The van der Waals surface area contributed by atoms with Gasteiger partial charge in [0.05, 0.1) is 11.6 Å². The fourth-order valence-electron chi connectivity index (χ4n) is 2.53. The van der Waals surface area contributed by atoms with Crippen molar-refractivity contribution in [3.05, 3.63) is 23.8 Å². The van der Waals surface area contributed by atoms with Gasteiger partial charge in [0.1, 0.15) is 5.52 Å². The molecule has 0 bridgehead atoms. The molecule has 1 fully saturated rings. The highest BCUT2D eigenvalue weighted by Crippen LogP contribution is 2.13. The van der Waals surface area contributed by atoms with E-state index in [1.807, 2.05) is 13.1 Å². The molecule has 3 rings (SSSR count). The van der Waals surface area contributed by atoms with Crippen LogP contribution in [0.3, 0.4) is 0 Å². The van der Waals surface area contributed by atoms with Gasteiger partial charge in [-0.25, -0.2) is 4.68 Å². The average molecular weight is 261 g/mol. The van der Waals surface area contributed by atoms with Crippen LogP contribution in [-0.2, 0) is 13.6 Å². The van der Waals surface area contributed by atoms with E-state index in [-0.39, 0.29) is 6.10 Å². The Morgan fingerprint density at radius 3 is 3.16 bits per heavy atom. The molecule has 1 aliphatic rings. The Balaban J connectivity index is 1.59. The Labute approximate surface area is 111 Å². The zero-order chi connectivity index (χ0) is 13.2. The zero-order valence-electron chi connectivity index (χ0n) is 11.0. The molecule has 2 atom stereocenters. The molecule has 1 aromatic carbocycles. The van der Waals surface area contributed by atoms with Crippen LogP contribution in [0, 0.1) is 5.92 Å².